The summed E-state index contributed by atoms with van der Waals surface area (Å²) in [4.78, 5) is 0. The van der Waals surface area contributed by atoms with E-state index in [1.165, 1.54) is 12.0 Å². The summed E-state index contributed by atoms with van der Waals surface area (Å²) in [6.07, 6.45) is 1.19. The van der Waals surface area contributed by atoms with Crippen molar-refractivity contribution < 1.29 is 5.11 Å². The highest BCUT2D eigenvalue weighted by molar-refractivity contribution is 7.08. The average molecular weight is 154 g/mol. The maximum absolute atomic E-state index is 8.78. The van der Waals surface area contributed by atoms with Crippen molar-refractivity contribution in [3.63, 3.8) is 0 Å². The predicted molar refractivity (Wildman–Crippen MR) is 42.3 cm³/mol. The van der Waals surface area contributed by atoms with E-state index < -0.39 is 0 Å². The first-order chi connectivity index (χ1) is 4.92. The molecule has 1 aromatic rings. The van der Waals surface area contributed by atoms with Crippen LogP contribution in [-0.2, 0) is 0 Å². The lowest BCUT2D eigenvalue weighted by Gasteiger charge is -1.89. The highest BCUT2D eigenvalue weighted by Gasteiger charge is 2.37. The Morgan fingerprint density at radius 3 is 3.10 bits per heavy atom. The number of aliphatic hydroxyl groups excluding tert-OH is 1. The van der Waals surface area contributed by atoms with Crippen LogP contribution in [-0.4, -0.2) is 11.7 Å². The molecule has 1 aliphatic carbocycles. The molecule has 1 N–H and O–H groups in total. The Morgan fingerprint density at radius 2 is 2.60 bits per heavy atom. The topological polar surface area (TPSA) is 20.2 Å². The number of aliphatic hydroxyl groups is 1. The molecule has 10 heavy (non-hydrogen) atoms. The van der Waals surface area contributed by atoms with E-state index in [0.29, 0.717) is 18.4 Å². The van der Waals surface area contributed by atoms with Crippen molar-refractivity contribution in [3.05, 3.63) is 22.4 Å². The van der Waals surface area contributed by atoms with Crippen LogP contribution >= 0.6 is 11.3 Å². The van der Waals surface area contributed by atoms with Gasteiger partial charge >= 0.3 is 0 Å². The minimum atomic E-state index is 0.362. The van der Waals surface area contributed by atoms with Crippen molar-refractivity contribution in [3.8, 4) is 0 Å². The van der Waals surface area contributed by atoms with Gasteiger partial charge in [0.05, 0.1) is 0 Å². The fourth-order valence-electron chi connectivity index (χ4n) is 1.34. The molecule has 2 unspecified atom stereocenters. The summed E-state index contributed by atoms with van der Waals surface area (Å²) in [5.41, 5.74) is 1.42. The second-order valence-electron chi connectivity index (χ2n) is 2.84. The molecule has 1 saturated carbocycles. The molecule has 0 aliphatic heterocycles. The van der Waals surface area contributed by atoms with Crippen LogP contribution in [0.15, 0.2) is 16.8 Å². The summed E-state index contributed by atoms with van der Waals surface area (Å²) < 4.78 is 0. The van der Waals surface area contributed by atoms with Gasteiger partial charge in [0.25, 0.3) is 0 Å². The smallest absolute Gasteiger partial charge is 0.0465 e. The standard InChI is InChI=1S/C8H10OS/c9-4-7-3-8(7)6-1-2-10-5-6/h1-2,5,7-9H,3-4H2. The van der Waals surface area contributed by atoms with E-state index in [-0.39, 0.29) is 0 Å². The maximum Gasteiger partial charge on any atom is 0.0465 e. The van der Waals surface area contributed by atoms with Crippen molar-refractivity contribution in [1.29, 1.82) is 0 Å². The molecule has 0 radical (unpaired) electrons. The van der Waals surface area contributed by atoms with Crippen LogP contribution in [0.3, 0.4) is 0 Å². The first-order valence-corrected chi connectivity index (χ1v) is 4.49. The molecule has 54 valence electrons. The molecular weight excluding hydrogens is 144 g/mol. The van der Waals surface area contributed by atoms with Crippen molar-refractivity contribution in [2.45, 2.75) is 12.3 Å². The molecule has 0 spiro atoms. The lowest BCUT2D eigenvalue weighted by Crippen LogP contribution is -1.86. The molecule has 2 atom stereocenters. The van der Waals surface area contributed by atoms with Gasteiger partial charge in [-0.25, -0.2) is 0 Å². The zero-order chi connectivity index (χ0) is 6.97. The van der Waals surface area contributed by atoms with Crippen molar-refractivity contribution >= 4 is 11.3 Å². The van der Waals surface area contributed by atoms with Crippen LogP contribution in [0.2, 0.25) is 0 Å². The van der Waals surface area contributed by atoms with E-state index in [0.717, 1.165) is 0 Å². The van der Waals surface area contributed by atoms with Gasteiger partial charge in [0.15, 0.2) is 0 Å². The second-order valence-corrected chi connectivity index (χ2v) is 3.62. The molecular formula is C8H10OS. The van der Waals surface area contributed by atoms with Crippen molar-refractivity contribution in [2.24, 2.45) is 5.92 Å². The fourth-order valence-corrected chi connectivity index (χ4v) is 2.07. The Kier molecular flexibility index (Phi) is 1.51. The molecule has 2 rings (SSSR count). The molecule has 0 amide bonds. The average Bonchev–Trinajstić information content (AvgIpc) is 2.56. The van der Waals surface area contributed by atoms with Crippen molar-refractivity contribution in [2.75, 3.05) is 6.61 Å². The number of hydrogen-bond donors (Lipinski definition) is 1. The summed E-state index contributed by atoms with van der Waals surface area (Å²) in [6, 6.07) is 2.16. The molecule has 0 bridgehead atoms. The molecule has 0 saturated heterocycles. The predicted octanol–water partition coefficient (Wildman–Crippen LogP) is 1.84. The van der Waals surface area contributed by atoms with E-state index in [1.54, 1.807) is 11.3 Å². The van der Waals surface area contributed by atoms with E-state index in [9.17, 15) is 0 Å². The lowest BCUT2D eigenvalue weighted by molar-refractivity contribution is 0.274. The van der Waals surface area contributed by atoms with E-state index in [4.69, 9.17) is 5.11 Å². The Morgan fingerprint density at radius 1 is 1.70 bits per heavy atom. The van der Waals surface area contributed by atoms with Crippen LogP contribution in [0.5, 0.6) is 0 Å². The number of hydrogen-bond acceptors (Lipinski definition) is 2. The number of rotatable bonds is 2. The fraction of sp³-hybridized carbons (Fsp3) is 0.500. The van der Waals surface area contributed by atoms with E-state index in [2.05, 4.69) is 16.8 Å². The number of thiophene rings is 1. The third-order valence-corrected chi connectivity index (χ3v) is 2.83. The minimum Gasteiger partial charge on any atom is -0.396 e. The lowest BCUT2D eigenvalue weighted by atomic mass is 10.2. The van der Waals surface area contributed by atoms with Gasteiger partial charge in [0.2, 0.25) is 0 Å². The van der Waals surface area contributed by atoms with Crippen LogP contribution in [0.4, 0.5) is 0 Å². The zero-order valence-corrected chi connectivity index (χ0v) is 6.47. The van der Waals surface area contributed by atoms with Crippen molar-refractivity contribution in [1.82, 2.24) is 0 Å². The molecule has 0 aromatic carbocycles. The van der Waals surface area contributed by atoms with Gasteiger partial charge in [-0.3, -0.25) is 0 Å². The monoisotopic (exact) mass is 154 g/mol. The second kappa shape index (κ2) is 2.36. The zero-order valence-electron chi connectivity index (χ0n) is 5.66. The molecule has 1 heterocycles. The molecule has 1 aliphatic rings. The summed E-state index contributed by atoms with van der Waals surface area (Å²) in [5.74, 6) is 1.24. The quantitative estimate of drug-likeness (QED) is 0.689. The Labute approximate surface area is 64.3 Å². The third-order valence-electron chi connectivity index (χ3n) is 2.13. The van der Waals surface area contributed by atoms with Crippen LogP contribution in [0.25, 0.3) is 0 Å². The summed E-state index contributed by atoms with van der Waals surface area (Å²) in [5, 5.41) is 13.1. The largest absolute Gasteiger partial charge is 0.396 e. The van der Waals surface area contributed by atoms with Gasteiger partial charge in [-0.05, 0) is 40.6 Å². The minimum absolute atomic E-state index is 0.362. The van der Waals surface area contributed by atoms with Crippen LogP contribution < -0.4 is 0 Å². The van der Waals surface area contributed by atoms with Gasteiger partial charge in [0.1, 0.15) is 0 Å². The highest BCUT2D eigenvalue weighted by atomic mass is 32.1. The van der Waals surface area contributed by atoms with Crippen LogP contribution in [0, 0.1) is 5.92 Å². The van der Waals surface area contributed by atoms with Gasteiger partial charge in [-0.2, -0.15) is 11.3 Å². The Hall–Kier alpha value is -0.340. The first kappa shape index (κ1) is 6.38. The third kappa shape index (κ3) is 0.976. The summed E-state index contributed by atoms with van der Waals surface area (Å²) in [6.45, 7) is 0.362. The molecule has 1 aromatic heterocycles. The summed E-state index contributed by atoms with van der Waals surface area (Å²) >= 11 is 1.74. The maximum atomic E-state index is 8.78. The van der Waals surface area contributed by atoms with E-state index >= 15 is 0 Å². The molecule has 1 fully saturated rings. The Balaban J connectivity index is 2.05. The first-order valence-electron chi connectivity index (χ1n) is 3.55. The highest BCUT2D eigenvalue weighted by Crippen LogP contribution is 2.47. The molecule has 2 heteroatoms. The Bertz CT molecular complexity index is 205. The SMILES string of the molecule is OCC1CC1c1ccsc1. The van der Waals surface area contributed by atoms with Gasteiger partial charge in [-0.15, -0.1) is 0 Å². The van der Waals surface area contributed by atoms with Gasteiger partial charge in [0, 0.05) is 6.61 Å². The van der Waals surface area contributed by atoms with Gasteiger partial charge < -0.3 is 5.11 Å². The molecule has 1 nitrogen and oxygen atoms in total. The van der Waals surface area contributed by atoms with Crippen LogP contribution in [0.1, 0.15) is 17.9 Å². The summed E-state index contributed by atoms with van der Waals surface area (Å²) in [7, 11) is 0. The van der Waals surface area contributed by atoms with Gasteiger partial charge in [-0.1, -0.05) is 0 Å². The normalized spacial score (nSPS) is 30.5. The van der Waals surface area contributed by atoms with E-state index in [1.807, 2.05) is 0 Å².